The van der Waals surface area contributed by atoms with E-state index >= 15 is 0 Å². The SMILES string of the molecule is Cc1ccccc1-c1ccc(C(=O)O)n2nc(N)nc12. The number of nitrogens with two attached hydrogens (primary N) is 1. The largest absolute Gasteiger partial charge is 0.477 e. The van der Waals surface area contributed by atoms with Crippen molar-refractivity contribution in [2.75, 3.05) is 5.73 Å². The molecule has 2 heterocycles. The van der Waals surface area contributed by atoms with Gasteiger partial charge in [0.05, 0.1) is 0 Å². The molecule has 6 heteroatoms. The minimum Gasteiger partial charge on any atom is -0.477 e. The summed E-state index contributed by atoms with van der Waals surface area (Å²) in [6, 6.07) is 11.0. The number of carboxylic acid groups (broad SMARTS) is 1. The number of aromatic carboxylic acids is 1. The minimum absolute atomic E-state index is 0.0292. The summed E-state index contributed by atoms with van der Waals surface area (Å²) >= 11 is 0. The average Bonchev–Trinajstić information content (AvgIpc) is 2.79. The van der Waals surface area contributed by atoms with E-state index in [0.29, 0.717) is 5.65 Å². The number of aromatic nitrogens is 3. The van der Waals surface area contributed by atoms with E-state index in [1.54, 1.807) is 6.07 Å². The van der Waals surface area contributed by atoms with Gasteiger partial charge in [0.15, 0.2) is 11.3 Å². The summed E-state index contributed by atoms with van der Waals surface area (Å²) < 4.78 is 1.26. The molecule has 0 aliphatic rings. The third-order valence-electron chi connectivity index (χ3n) is 3.15. The minimum atomic E-state index is -1.07. The molecule has 0 saturated carbocycles. The summed E-state index contributed by atoms with van der Waals surface area (Å²) in [7, 11) is 0. The van der Waals surface area contributed by atoms with Gasteiger partial charge >= 0.3 is 5.97 Å². The van der Waals surface area contributed by atoms with Crippen LogP contribution in [0, 0.1) is 6.92 Å². The molecular formula is C14H12N4O2. The van der Waals surface area contributed by atoms with Crippen molar-refractivity contribution < 1.29 is 9.90 Å². The van der Waals surface area contributed by atoms with Crippen molar-refractivity contribution >= 4 is 17.6 Å². The van der Waals surface area contributed by atoms with Gasteiger partial charge < -0.3 is 10.8 Å². The maximum absolute atomic E-state index is 11.2. The highest BCUT2D eigenvalue weighted by Crippen LogP contribution is 2.27. The monoisotopic (exact) mass is 268 g/mol. The topological polar surface area (TPSA) is 93.5 Å². The summed E-state index contributed by atoms with van der Waals surface area (Å²) in [4.78, 5) is 15.3. The number of benzene rings is 1. The Morgan fingerprint density at radius 2 is 1.95 bits per heavy atom. The van der Waals surface area contributed by atoms with Crippen LogP contribution in [0.3, 0.4) is 0 Å². The first-order valence-electron chi connectivity index (χ1n) is 6.02. The normalized spacial score (nSPS) is 10.8. The molecule has 0 saturated heterocycles. The quantitative estimate of drug-likeness (QED) is 0.741. The first kappa shape index (κ1) is 12.2. The van der Waals surface area contributed by atoms with Gasteiger partial charge in [-0.25, -0.2) is 9.31 Å². The zero-order valence-corrected chi connectivity index (χ0v) is 10.7. The maximum atomic E-state index is 11.2. The van der Waals surface area contributed by atoms with Gasteiger partial charge in [0.1, 0.15) is 0 Å². The van der Waals surface area contributed by atoms with Gasteiger partial charge in [-0.1, -0.05) is 24.3 Å². The predicted octanol–water partition coefficient (Wildman–Crippen LogP) is 1.99. The second kappa shape index (κ2) is 4.34. The molecule has 0 aliphatic carbocycles. The number of aryl methyl sites for hydroxylation is 1. The number of fused-ring (bicyclic) bond motifs is 1. The van der Waals surface area contributed by atoms with Crippen LogP contribution in [0.15, 0.2) is 36.4 Å². The Morgan fingerprint density at radius 1 is 1.20 bits per heavy atom. The summed E-state index contributed by atoms with van der Waals surface area (Å²) in [5.74, 6) is -1.02. The molecule has 0 aliphatic heterocycles. The van der Waals surface area contributed by atoms with Crippen LogP contribution in [0.25, 0.3) is 16.8 Å². The molecule has 0 spiro atoms. The number of nitrogens with zero attached hydrogens (tertiary/aromatic N) is 3. The van der Waals surface area contributed by atoms with Crippen LogP contribution < -0.4 is 5.73 Å². The van der Waals surface area contributed by atoms with E-state index in [-0.39, 0.29) is 11.6 Å². The molecule has 1 aromatic carbocycles. The lowest BCUT2D eigenvalue weighted by atomic mass is 10.0. The van der Waals surface area contributed by atoms with Gasteiger partial charge in [-0.3, -0.25) is 0 Å². The van der Waals surface area contributed by atoms with Crippen LogP contribution >= 0.6 is 0 Å². The van der Waals surface area contributed by atoms with Crippen LogP contribution in [0.5, 0.6) is 0 Å². The first-order chi connectivity index (χ1) is 9.58. The van der Waals surface area contributed by atoms with Crippen molar-refractivity contribution in [2.24, 2.45) is 0 Å². The third kappa shape index (κ3) is 1.78. The number of rotatable bonds is 2. The van der Waals surface area contributed by atoms with Crippen molar-refractivity contribution in [3.05, 3.63) is 47.7 Å². The highest BCUT2D eigenvalue weighted by atomic mass is 16.4. The Balaban J connectivity index is 2.36. The lowest BCUT2D eigenvalue weighted by Gasteiger charge is -2.08. The third-order valence-corrected chi connectivity index (χ3v) is 3.15. The van der Waals surface area contributed by atoms with E-state index in [4.69, 9.17) is 5.73 Å². The molecule has 3 rings (SSSR count). The smallest absolute Gasteiger partial charge is 0.354 e. The van der Waals surface area contributed by atoms with E-state index in [2.05, 4.69) is 10.1 Å². The Kier molecular flexibility index (Phi) is 2.64. The Hall–Kier alpha value is -2.89. The van der Waals surface area contributed by atoms with Gasteiger partial charge in [0.25, 0.3) is 0 Å². The van der Waals surface area contributed by atoms with Gasteiger partial charge in [-0.05, 0) is 30.2 Å². The van der Waals surface area contributed by atoms with Crippen LogP contribution in [0.2, 0.25) is 0 Å². The summed E-state index contributed by atoms with van der Waals surface area (Å²) in [5.41, 5.74) is 8.92. The molecule has 0 bridgehead atoms. The van der Waals surface area contributed by atoms with Crippen LogP contribution in [0.4, 0.5) is 5.95 Å². The van der Waals surface area contributed by atoms with Crippen molar-refractivity contribution in [2.45, 2.75) is 6.92 Å². The fourth-order valence-corrected chi connectivity index (χ4v) is 2.22. The lowest BCUT2D eigenvalue weighted by Crippen LogP contribution is -2.07. The molecule has 0 fully saturated rings. The van der Waals surface area contributed by atoms with Crippen LogP contribution in [0.1, 0.15) is 16.1 Å². The first-order valence-corrected chi connectivity index (χ1v) is 6.02. The van der Waals surface area contributed by atoms with E-state index in [9.17, 15) is 9.90 Å². The van der Waals surface area contributed by atoms with Gasteiger partial charge in [-0.15, -0.1) is 5.10 Å². The van der Waals surface area contributed by atoms with Gasteiger partial charge in [-0.2, -0.15) is 4.98 Å². The van der Waals surface area contributed by atoms with Crippen LogP contribution in [-0.2, 0) is 0 Å². The number of carbonyl (C=O) groups is 1. The number of nitrogen functional groups attached to an aromatic ring is 1. The molecular weight excluding hydrogens is 256 g/mol. The van der Waals surface area contributed by atoms with Gasteiger partial charge in [0, 0.05) is 5.56 Å². The van der Waals surface area contributed by atoms with E-state index in [1.807, 2.05) is 31.2 Å². The second-order valence-electron chi connectivity index (χ2n) is 4.46. The molecule has 0 amide bonds. The molecule has 3 N–H and O–H groups in total. The zero-order valence-electron chi connectivity index (χ0n) is 10.7. The molecule has 2 aromatic heterocycles. The number of pyridine rings is 1. The van der Waals surface area contributed by atoms with Crippen molar-refractivity contribution in [3.63, 3.8) is 0 Å². The number of hydrogen-bond donors (Lipinski definition) is 2. The summed E-state index contributed by atoms with van der Waals surface area (Å²) in [5, 5.41) is 13.1. The fourth-order valence-electron chi connectivity index (χ4n) is 2.22. The Morgan fingerprint density at radius 3 is 2.65 bits per heavy atom. The molecule has 0 unspecified atom stereocenters. The summed E-state index contributed by atoms with van der Waals surface area (Å²) in [6.07, 6.45) is 0. The van der Waals surface area contributed by atoms with E-state index in [0.717, 1.165) is 16.7 Å². The lowest BCUT2D eigenvalue weighted by molar-refractivity contribution is 0.0687. The molecule has 3 aromatic rings. The van der Waals surface area contributed by atoms with E-state index in [1.165, 1.54) is 10.6 Å². The number of hydrogen-bond acceptors (Lipinski definition) is 4. The molecule has 0 radical (unpaired) electrons. The summed E-state index contributed by atoms with van der Waals surface area (Å²) in [6.45, 7) is 1.98. The van der Waals surface area contributed by atoms with E-state index < -0.39 is 5.97 Å². The molecule has 0 atom stereocenters. The van der Waals surface area contributed by atoms with Crippen molar-refractivity contribution in [3.8, 4) is 11.1 Å². The van der Waals surface area contributed by atoms with Crippen LogP contribution in [-0.4, -0.2) is 25.7 Å². The number of anilines is 1. The predicted molar refractivity (Wildman–Crippen MR) is 74.5 cm³/mol. The van der Waals surface area contributed by atoms with Gasteiger partial charge in [0.2, 0.25) is 5.95 Å². The fraction of sp³-hybridized carbons (Fsp3) is 0.0714. The Labute approximate surface area is 114 Å². The second-order valence-corrected chi connectivity index (χ2v) is 4.46. The average molecular weight is 268 g/mol. The molecule has 100 valence electrons. The maximum Gasteiger partial charge on any atom is 0.354 e. The Bertz CT molecular complexity index is 823. The molecule has 6 nitrogen and oxygen atoms in total. The van der Waals surface area contributed by atoms with Crippen molar-refractivity contribution in [1.29, 1.82) is 0 Å². The highest BCUT2D eigenvalue weighted by Gasteiger charge is 2.16. The van der Waals surface area contributed by atoms with Crippen molar-refractivity contribution in [1.82, 2.24) is 14.6 Å². The number of carboxylic acids is 1. The zero-order chi connectivity index (χ0) is 14.3. The standard InChI is InChI=1S/C14H12N4O2/c1-8-4-2-3-5-9(8)10-6-7-11(13(19)20)18-12(10)16-14(15)17-18/h2-7H,1H3,(H2,15,17)(H,19,20). The highest BCUT2D eigenvalue weighted by molar-refractivity contribution is 5.89. The molecule has 20 heavy (non-hydrogen) atoms.